The van der Waals surface area contributed by atoms with Crippen LogP contribution in [0.5, 0.6) is 23.0 Å². The molecule has 1 fully saturated rings. The van der Waals surface area contributed by atoms with Crippen molar-refractivity contribution in [1.82, 2.24) is 9.88 Å². The molecule has 1 amide bonds. The Balaban J connectivity index is 1.28. The first-order valence-corrected chi connectivity index (χ1v) is 11.2. The van der Waals surface area contributed by atoms with Crippen LogP contribution in [0.2, 0.25) is 0 Å². The molecule has 0 spiro atoms. The predicted octanol–water partition coefficient (Wildman–Crippen LogP) is 4.99. The van der Waals surface area contributed by atoms with Gasteiger partial charge in [0.25, 0.3) is 0 Å². The van der Waals surface area contributed by atoms with Crippen LogP contribution in [0, 0.1) is 0 Å². The number of hydrogen-bond donors (Lipinski definition) is 1. The summed E-state index contributed by atoms with van der Waals surface area (Å²) in [6, 6.07) is 17.0. The molecule has 7 nitrogen and oxygen atoms in total. The minimum Gasteiger partial charge on any atom is -0.456 e. The summed E-state index contributed by atoms with van der Waals surface area (Å²) in [7, 11) is 0. The van der Waals surface area contributed by atoms with Crippen molar-refractivity contribution in [2.45, 2.75) is 38.3 Å². The zero-order valence-electron chi connectivity index (χ0n) is 18.6. The van der Waals surface area contributed by atoms with Crippen LogP contribution in [-0.2, 0) is 11.3 Å². The van der Waals surface area contributed by atoms with Gasteiger partial charge in [0.1, 0.15) is 11.5 Å². The highest BCUT2D eigenvalue weighted by Crippen LogP contribution is 2.38. The van der Waals surface area contributed by atoms with E-state index in [0.29, 0.717) is 18.0 Å². The summed E-state index contributed by atoms with van der Waals surface area (Å²) in [4.78, 5) is 19.8. The van der Waals surface area contributed by atoms with E-state index in [1.807, 2.05) is 61.5 Å². The maximum atomic E-state index is 13.5. The van der Waals surface area contributed by atoms with Crippen LogP contribution in [0.1, 0.15) is 31.7 Å². The lowest BCUT2D eigenvalue weighted by Gasteiger charge is -2.43. The zero-order chi connectivity index (χ0) is 22.7. The molecule has 1 saturated heterocycles. The van der Waals surface area contributed by atoms with E-state index in [0.717, 1.165) is 48.6 Å². The van der Waals surface area contributed by atoms with Gasteiger partial charge >= 0.3 is 0 Å². The lowest BCUT2D eigenvalue weighted by Crippen LogP contribution is -2.56. The molecule has 3 heterocycles. The lowest BCUT2D eigenvalue weighted by molar-refractivity contribution is -0.129. The van der Waals surface area contributed by atoms with E-state index < -0.39 is 5.54 Å². The Kier molecular flexibility index (Phi) is 5.88. The van der Waals surface area contributed by atoms with E-state index in [1.165, 1.54) is 0 Å². The van der Waals surface area contributed by atoms with Crippen molar-refractivity contribution in [2.24, 2.45) is 0 Å². The minimum absolute atomic E-state index is 0.00660. The highest BCUT2D eigenvalue weighted by molar-refractivity contribution is 5.98. The molecule has 2 aliphatic rings. The normalized spacial score (nSPS) is 19.8. The maximum Gasteiger partial charge on any atom is 0.244 e. The Labute approximate surface area is 193 Å². The van der Waals surface area contributed by atoms with Crippen molar-refractivity contribution in [3.63, 3.8) is 0 Å². The number of ether oxygens (including phenoxy) is 3. The van der Waals surface area contributed by atoms with Gasteiger partial charge in [0.2, 0.25) is 12.7 Å². The highest BCUT2D eigenvalue weighted by atomic mass is 16.7. The predicted molar refractivity (Wildman–Crippen MR) is 125 cm³/mol. The molecular formula is C26H27N3O4. The van der Waals surface area contributed by atoms with Crippen molar-refractivity contribution in [3.8, 4) is 23.0 Å². The number of hydrogen-bond acceptors (Lipinski definition) is 6. The largest absolute Gasteiger partial charge is 0.456 e. The molecule has 0 radical (unpaired) electrons. The Morgan fingerprint density at radius 2 is 1.97 bits per heavy atom. The number of likely N-dealkylation sites (tertiary alicyclic amines) is 1. The third-order valence-corrected chi connectivity index (χ3v) is 6.35. The lowest BCUT2D eigenvalue weighted by atomic mass is 9.86. The summed E-state index contributed by atoms with van der Waals surface area (Å²) in [5, 5.41) is 3.11. The van der Waals surface area contributed by atoms with Crippen LogP contribution in [-0.4, -0.2) is 34.7 Å². The first-order chi connectivity index (χ1) is 16.1. The molecule has 0 saturated carbocycles. The van der Waals surface area contributed by atoms with Gasteiger partial charge in [-0.1, -0.05) is 12.1 Å². The number of nitrogens with zero attached hydrogens (tertiary/aromatic N) is 2. The van der Waals surface area contributed by atoms with Gasteiger partial charge in [0.05, 0.1) is 11.7 Å². The molecule has 1 atom stereocenters. The van der Waals surface area contributed by atoms with Gasteiger partial charge < -0.3 is 19.5 Å². The molecule has 170 valence electrons. The summed E-state index contributed by atoms with van der Waals surface area (Å²) in [6.45, 7) is 3.76. The Bertz CT molecular complexity index is 1120. The molecule has 2 aromatic carbocycles. The second-order valence-electron chi connectivity index (χ2n) is 8.57. The van der Waals surface area contributed by atoms with Crippen LogP contribution in [0.3, 0.4) is 0 Å². The number of fused-ring (bicyclic) bond motifs is 1. The maximum absolute atomic E-state index is 13.5. The average Bonchev–Trinajstić information content (AvgIpc) is 3.32. The zero-order valence-corrected chi connectivity index (χ0v) is 18.6. The average molecular weight is 446 g/mol. The third kappa shape index (κ3) is 4.50. The van der Waals surface area contributed by atoms with Crippen LogP contribution >= 0.6 is 0 Å². The molecule has 1 aromatic heterocycles. The van der Waals surface area contributed by atoms with Crippen LogP contribution in [0.15, 0.2) is 67.0 Å². The number of amides is 1. The van der Waals surface area contributed by atoms with Crippen molar-refractivity contribution in [3.05, 3.63) is 72.6 Å². The van der Waals surface area contributed by atoms with E-state index in [2.05, 4.69) is 15.2 Å². The van der Waals surface area contributed by atoms with Gasteiger partial charge in [-0.3, -0.25) is 14.7 Å². The topological polar surface area (TPSA) is 72.9 Å². The number of benzene rings is 2. The SMILES string of the molecule is C[C@]1(C(=O)Nc2ccc(Oc3cccnc3)cc2)CCCCN1Cc1cccc2c1OCO2. The molecule has 0 bridgehead atoms. The van der Waals surface area contributed by atoms with Crippen LogP contribution < -0.4 is 19.5 Å². The van der Waals surface area contributed by atoms with Gasteiger partial charge in [-0.15, -0.1) is 0 Å². The Morgan fingerprint density at radius 1 is 1.09 bits per heavy atom. The number of nitrogens with one attached hydrogen (secondary N) is 1. The first kappa shape index (κ1) is 21.3. The molecule has 0 aliphatic carbocycles. The standard InChI is InChI=1S/C26H27N3O4/c1-26(13-2-3-15-29(26)17-19-6-4-8-23-24(19)32-18-31-23)25(30)28-20-9-11-21(12-10-20)33-22-7-5-14-27-16-22/h4-12,14,16H,2-3,13,15,17-18H2,1H3,(H,28,30)/t26-/m1/s1. The van der Waals surface area contributed by atoms with Gasteiger partial charge in [-0.25, -0.2) is 0 Å². The summed E-state index contributed by atoms with van der Waals surface area (Å²) < 4.78 is 17.0. The van der Waals surface area contributed by atoms with Gasteiger partial charge in [0.15, 0.2) is 11.5 Å². The minimum atomic E-state index is -0.620. The smallest absolute Gasteiger partial charge is 0.244 e. The van der Waals surface area contributed by atoms with Crippen molar-refractivity contribution < 1.29 is 19.0 Å². The number of aromatic nitrogens is 1. The molecule has 2 aliphatic heterocycles. The van der Waals surface area contributed by atoms with Gasteiger partial charge in [-0.2, -0.15) is 0 Å². The van der Waals surface area contributed by atoms with Crippen LogP contribution in [0.25, 0.3) is 0 Å². The van der Waals surface area contributed by atoms with Crippen molar-refractivity contribution in [1.29, 1.82) is 0 Å². The molecular weight excluding hydrogens is 418 g/mol. The number of rotatable bonds is 6. The van der Waals surface area contributed by atoms with Crippen molar-refractivity contribution >= 4 is 11.6 Å². The monoisotopic (exact) mass is 445 g/mol. The fraction of sp³-hybridized carbons (Fsp3) is 0.308. The second-order valence-corrected chi connectivity index (χ2v) is 8.57. The second kappa shape index (κ2) is 9.11. The van der Waals surface area contributed by atoms with Crippen molar-refractivity contribution in [2.75, 3.05) is 18.7 Å². The fourth-order valence-corrected chi connectivity index (χ4v) is 4.42. The van der Waals surface area contributed by atoms with E-state index in [1.54, 1.807) is 12.4 Å². The molecule has 5 rings (SSSR count). The number of carbonyl (C=O) groups excluding carboxylic acids is 1. The van der Waals surface area contributed by atoms with E-state index in [9.17, 15) is 4.79 Å². The number of pyridine rings is 1. The Morgan fingerprint density at radius 3 is 2.79 bits per heavy atom. The number of carbonyl (C=O) groups is 1. The summed E-state index contributed by atoms with van der Waals surface area (Å²) >= 11 is 0. The summed E-state index contributed by atoms with van der Waals surface area (Å²) in [5.41, 5.74) is 1.16. The fourth-order valence-electron chi connectivity index (χ4n) is 4.42. The van der Waals surface area contributed by atoms with E-state index in [-0.39, 0.29) is 12.7 Å². The number of piperidine rings is 1. The molecule has 0 unspecified atom stereocenters. The van der Waals surface area contributed by atoms with Gasteiger partial charge in [-0.05, 0) is 75.2 Å². The summed E-state index contributed by atoms with van der Waals surface area (Å²) in [5.74, 6) is 2.90. The van der Waals surface area contributed by atoms with Crippen LogP contribution in [0.4, 0.5) is 5.69 Å². The van der Waals surface area contributed by atoms with Gasteiger partial charge in [0, 0.05) is 24.0 Å². The third-order valence-electron chi connectivity index (χ3n) is 6.35. The molecule has 1 N–H and O–H groups in total. The number of anilines is 1. The van der Waals surface area contributed by atoms with E-state index >= 15 is 0 Å². The molecule has 7 heteroatoms. The quantitative estimate of drug-likeness (QED) is 0.577. The first-order valence-electron chi connectivity index (χ1n) is 11.2. The highest BCUT2D eigenvalue weighted by Gasteiger charge is 2.41. The number of para-hydroxylation sites is 1. The molecule has 33 heavy (non-hydrogen) atoms. The Hall–Kier alpha value is -3.58. The van der Waals surface area contributed by atoms with E-state index in [4.69, 9.17) is 14.2 Å². The summed E-state index contributed by atoms with van der Waals surface area (Å²) in [6.07, 6.45) is 6.24. The molecule has 3 aromatic rings.